The molecule has 1 aliphatic rings. The van der Waals surface area contributed by atoms with E-state index < -0.39 is 16.0 Å². The van der Waals surface area contributed by atoms with Gasteiger partial charge >= 0.3 is 5.97 Å². The highest BCUT2D eigenvalue weighted by molar-refractivity contribution is 7.89. The molecule has 8 nitrogen and oxygen atoms in total. The first kappa shape index (κ1) is 23.3. The predicted octanol–water partition coefficient (Wildman–Crippen LogP) is 4.54. The molecule has 0 saturated carbocycles. The maximum Gasteiger partial charge on any atom is 0.340 e. The summed E-state index contributed by atoms with van der Waals surface area (Å²) in [7, 11) is -2.12. The Balaban J connectivity index is 1.45. The highest BCUT2D eigenvalue weighted by Crippen LogP contribution is 2.26. The molecule has 4 rings (SSSR count). The number of hydrogen-bond donors (Lipinski definition) is 0. The van der Waals surface area contributed by atoms with Crippen molar-refractivity contribution in [2.45, 2.75) is 30.8 Å². The number of carbonyl (C=O) groups excluding carboxylic acids is 1. The van der Waals surface area contributed by atoms with E-state index >= 15 is 0 Å². The van der Waals surface area contributed by atoms with Crippen molar-refractivity contribution >= 4 is 27.6 Å². The SMILES string of the molecule is COc1ccc(-c2cc(COC(=O)c3cc(S(=O)(=O)N4CCCCC4)ccc3Cl)on2)cc1. The van der Waals surface area contributed by atoms with Crippen molar-refractivity contribution < 1.29 is 27.2 Å². The first-order valence-corrected chi connectivity index (χ1v) is 12.3. The van der Waals surface area contributed by atoms with E-state index in [-0.39, 0.29) is 22.1 Å². The topological polar surface area (TPSA) is 98.9 Å². The molecule has 0 radical (unpaired) electrons. The van der Waals surface area contributed by atoms with Crippen molar-refractivity contribution in [2.24, 2.45) is 0 Å². The van der Waals surface area contributed by atoms with E-state index in [0.29, 0.717) is 24.5 Å². The summed E-state index contributed by atoms with van der Waals surface area (Å²) in [5.41, 5.74) is 1.37. The lowest BCUT2D eigenvalue weighted by Gasteiger charge is -2.26. The van der Waals surface area contributed by atoms with Crippen LogP contribution in [0.25, 0.3) is 11.3 Å². The third-order valence-corrected chi connectivity index (χ3v) is 7.63. The molecule has 0 unspecified atom stereocenters. The summed E-state index contributed by atoms with van der Waals surface area (Å²) >= 11 is 6.16. The number of ether oxygens (including phenoxy) is 2. The van der Waals surface area contributed by atoms with Crippen molar-refractivity contribution in [3.63, 3.8) is 0 Å². The number of hydrogen-bond acceptors (Lipinski definition) is 7. The Kier molecular flexibility index (Phi) is 7.02. The molecule has 0 spiro atoms. The fourth-order valence-electron chi connectivity index (χ4n) is 3.57. The zero-order chi connectivity index (χ0) is 23.4. The molecule has 0 N–H and O–H groups in total. The third-order valence-electron chi connectivity index (χ3n) is 5.40. The number of carbonyl (C=O) groups is 1. The van der Waals surface area contributed by atoms with Gasteiger partial charge in [0.1, 0.15) is 11.4 Å². The standard InChI is InChI=1S/C23H23ClN2O6S/c1-30-17-7-5-16(6-8-17)22-13-18(32-25-22)15-31-23(27)20-14-19(9-10-21(20)24)33(28,29)26-11-3-2-4-12-26/h5-10,13-14H,2-4,11-12,15H2,1H3. The second-order valence-corrected chi connectivity index (χ2v) is 9.93. The van der Waals surface area contributed by atoms with Gasteiger partial charge in [-0.2, -0.15) is 4.31 Å². The van der Waals surface area contributed by atoms with Gasteiger partial charge in [-0.1, -0.05) is 23.2 Å². The molecular weight excluding hydrogens is 468 g/mol. The molecule has 1 saturated heterocycles. The predicted molar refractivity (Wildman–Crippen MR) is 122 cm³/mol. The molecule has 174 valence electrons. The molecule has 1 aromatic heterocycles. The van der Waals surface area contributed by atoms with E-state index in [1.807, 2.05) is 12.1 Å². The van der Waals surface area contributed by atoms with Crippen LogP contribution in [-0.2, 0) is 21.4 Å². The molecule has 2 aromatic carbocycles. The summed E-state index contributed by atoms with van der Waals surface area (Å²) in [5.74, 6) is 0.304. The first-order chi connectivity index (χ1) is 15.9. The van der Waals surface area contributed by atoms with Crippen LogP contribution in [0.15, 0.2) is 57.9 Å². The minimum atomic E-state index is -3.70. The molecule has 3 aromatic rings. The summed E-state index contributed by atoms with van der Waals surface area (Å²) < 4.78 is 43.0. The maximum absolute atomic E-state index is 12.9. The maximum atomic E-state index is 12.9. The van der Waals surface area contributed by atoms with Gasteiger partial charge in [-0.25, -0.2) is 13.2 Å². The van der Waals surface area contributed by atoms with Gasteiger partial charge in [0.25, 0.3) is 0 Å². The van der Waals surface area contributed by atoms with Gasteiger partial charge in [0.2, 0.25) is 10.0 Å². The summed E-state index contributed by atoms with van der Waals surface area (Å²) in [5, 5.41) is 4.10. The van der Waals surface area contributed by atoms with Gasteiger partial charge in [0.15, 0.2) is 12.4 Å². The first-order valence-electron chi connectivity index (χ1n) is 10.5. The fourth-order valence-corrected chi connectivity index (χ4v) is 5.31. The van der Waals surface area contributed by atoms with Crippen molar-refractivity contribution in [3.8, 4) is 17.0 Å². The number of halogens is 1. The second kappa shape index (κ2) is 9.94. The Bertz CT molecular complexity index is 1230. The van der Waals surface area contributed by atoms with Gasteiger partial charge in [-0.15, -0.1) is 0 Å². The van der Waals surface area contributed by atoms with Crippen molar-refractivity contribution in [1.29, 1.82) is 0 Å². The van der Waals surface area contributed by atoms with Crippen LogP contribution in [0.3, 0.4) is 0 Å². The Morgan fingerprint density at radius 2 is 1.82 bits per heavy atom. The van der Waals surface area contributed by atoms with Crippen molar-refractivity contribution in [1.82, 2.24) is 9.46 Å². The largest absolute Gasteiger partial charge is 0.497 e. The Morgan fingerprint density at radius 1 is 1.09 bits per heavy atom. The highest BCUT2D eigenvalue weighted by Gasteiger charge is 2.27. The number of sulfonamides is 1. The number of methoxy groups -OCH3 is 1. The number of aromatic nitrogens is 1. The van der Waals surface area contributed by atoms with E-state index in [9.17, 15) is 13.2 Å². The number of esters is 1. The van der Waals surface area contributed by atoms with Crippen LogP contribution >= 0.6 is 11.6 Å². The van der Waals surface area contributed by atoms with Crippen LogP contribution in [0.4, 0.5) is 0 Å². The van der Waals surface area contributed by atoms with E-state index in [1.54, 1.807) is 25.3 Å². The average Bonchev–Trinajstić information content (AvgIpc) is 3.32. The minimum absolute atomic E-state index is 0.0159. The zero-order valence-electron chi connectivity index (χ0n) is 18.0. The second-order valence-electron chi connectivity index (χ2n) is 7.59. The molecule has 0 atom stereocenters. The summed E-state index contributed by atoms with van der Waals surface area (Å²) in [6.45, 7) is 0.751. The summed E-state index contributed by atoms with van der Waals surface area (Å²) in [4.78, 5) is 12.7. The Morgan fingerprint density at radius 3 is 2.52 bits per heavy atom. The molecule has 33 heavy (non-hydrogen) atoms. The number of rotatable bonds is 7. The van der Waals surface area contributed by atoms with Crippen LogP contribution in [0.5, 0.6) is 5.75 Å². The van der Waals surface area contributed by atoms with E-state index in [4.69, 9.17) is 25.6 Å². The normalized spacial score (nSPS) is 14.7. The van der Waals surface area contributed by atoms with Crippen LogP contribution in [0, 0.1) is 0 Å². The van der Waals surface area contributed by atoms with Crippen LogP contribution in [0.2, 0.25) is 5.02 Å². The molecule has 1 aliphatic heterocycles. The molecule has 0 aliphatic carbocycles. The van der Waals surface area contributed by atoms with Crippen molar-refractivity contribution in [3.05, 3.63) is 64.9 Å². The van der Waals surface area contributed by atoms with Crippen LogP contribution in [0.1, 0.15) is 35.4 Å². The highest BCUT2D eigenvalue weighted by atomic mass is 35.5. The number of nitrogens with zero attached hydrogens (tertiary/aromatic N) is 2. The number of piperidine rings is 1. The van der Waals surface area contributed by atoms with Gasteiger partial charge in [0.05, 0.1) is 22.6 Å². The van der Waals surface area contributed by atoms with E-state index in [2.05, 4.69) is 5.16 Å². The van der Waals surface area contributed by atoms with Crippen LogP contribution < -0.4 is 4.74 Å². The monoisotopic (exact) mass is 490 g/mol. The lowest BCUT2D eigenvalue weighted by Crippen LogP contribution is -2.35. The molecule has 0 amide bonds. The Labute approximate surface area is 197 Å². The van der Waals surface area contributed by atoms with E-state index in [1.165, 1.54) is 22.5 Å². The van der Waals surface area contributed by atoms with Crippen molar-refractivity contribution in [2.75, 3.05) is 20.2 Å². The summed E-state index contributed by atoms with van der Waals surface area (Å²) in [6.07, 6.45) is 2.64. The zero-order valence-corrected chi connectivity index (χ0v) is 19.6. The third kappa shape index (κ3) is 5.21. The summed E-state index contributed by atoms with van der Waals surface area (Å²) in [6, 6.07) is 13.0. The van der Waals surface area contributed by atoms with Gasteiger partial charge < -0.3 is 14.0 Å². The average molecular weight is 491 g/mol. The van der Waals surface area contributed by atoms with Gasteiger partial charge in [-0.05, 0) is 55.3 Å². The molecule has 0 bridgehead atoms. The molecular formula is C23H23ClN2O6S. The smallest absolute Gasteiger partial charge is 0.340 e. The van der Waals surface area contributed by atoms with Gasteiger partial charge in [0, 0.05) is 24.7 Å². The molecule has 10 heteroatoms. The quantitative estimate of drug-likeness (QED) is 0.448. The molecule has 2 heterocycles. The fraction of sp³-hybridized carbons (Fsp3) is 0.304. The van der Waals surface area contributed by atoms with E-state index in [0.717, 1.165) is 30.6 Å². The molecule has 1 fully saturated rings. The van der Waals surface area contributed by atoms with Crippen LogP contribution in [-0.4, -0.2) is 44.0 Å². The number of benzene rings is 2. The lowest BCUT2D eigenvalue weighted by atomic mass is 10.1. The lowest BCUT2D eigenvalue weighted by molar-refractivity contribution is 0.0437. The Hall–Kier alpha value is -2.88. The van der Waals surface area contributed by atoms with Gasteiger partial charge in [-0.3, -0.25) is 0 Å². The minimum Gasteiger partial charge on any atom is -0.497 e.